The number of benzene rings is 1. The molecule has 0 aliphatic carbocycles. The zero-order valence-corrected chi connectivity index (χ0v) is 7.99. The van der Waals surface area contributed by atoms with E-state index in [4.69, 9.17) is 12.2 Å². The van der Waals surface area contributed by atoms with Gasteiger partial charge in [-0.1, -0.05) is 12.1 Å². The van der Waals surface area contributed by atoms with Crippen LogP contribution in [-0.2, 0) is 0 Å². The van der Waals surface area contributed by atoms with Crippen LogP contribution in [0.2, 0.25) is 0 Å². The van der Waals surface area contributed by atoms with Crippen molar-refractivity contribution in [2.75, 3.05) is 0 Å². The lowest BCUT2D eigenvalue weighted by molar-refractivity contribution is -0.0498. The number of rotatable bonds is 4. The van der Waals surface area contributed by atoms with Crippen LogP contribution in [0, 0.1) is 12.3 Å². The van der Waals surface area contributed by atoms with Gasteiger partial charge in [0.2, 0.25) is 0 Å². The summed E-state index contributed by atoms with van der Waals surface area (Å²) in [5.74, 6) is 2.55. The fourth-order valence-corrected chi connectivity index (χ4v) is 1.14. The van der Waals surface area contributed by atoms with Crippen molar-refractivity contribution >= 4 is 0 Å². The average Bonchev–Trinajstić information content (AvgIpc) is 2.18. The van der Waals surface area contributed by atoms with Crippen molar-refractivity contribution in [2.24, 2.45) is 5.73 Å². The number of nitrogens with two attached hydrogens (primary N) is 1. The largest absolute Gasteiger partial charge is 0.435 e. The van der Waals surface area contributed by atoms with E-state index in [1.165, 1.54) is 12.1 Å². The SMILES string of the molecule is C#CCC(N)c1ccc(OC(F)F)cc1. The van der Waals surface area contributed by atoms with Gasteiger partial charge < -0.3 is 10.5 Å². The zero-order chi connectivity index (χ0) is 11.3. The monoisotopic (exact) mass is 211 g/mol. The first kappa shape index (κ1) is 11.5. The highest BCUT2D eigenvalue weighted by Gasteiger charge is 2.06. The zero-order valence-electron chi connectivity index (χ0n) is 7.99. The van der Waals surface area contributed by atoms with Gasteiger partial charge in [-0.3, -0.25) is 0 Å². The van der Waals surface area contributed by atoms with Gasteiger partial charge >= 0.3 is 6.61 Å². The molecule has 0 heterocycles. The number of ether oxygens (including phenoxy) is 1. The average molecular weight is 211 g/mol. The van der Waals surface area contributed by atoms with Crippen molar-refractivity contribution < 1.29 is 13.5 Å². The Kier molecular flexibility index (Phi) is 4.07. The van der Waals surface area contributed by atoms with E-state index in [0.717, 1.165) is 5.56 Å². The topological polar surface area (TPSA) is 35.2 Å². The first-order valence-corrected chi connectivity index (χ1v) is 4.37. The Morgan fingerprint density at radius 2 is 1.93 bits per heavy atom. The summed E-state index contributed by atoms with van der Waals surface area (Å²) in [7, 11) is 0. The smallest absolute Gasteiger partial charge is 0.387 e. The van der Waals surface area contributed by atoms with E-state index in [0.29, 0.717) is 6.42 Å². The second kappa shape index (κ2) is 5.32. The van der Waals surface area contributed by atoms with Crippen LogP contribution in [0.3, 0.4) is 0 Å². The Morgan fingerprint density at radius 3 is 2.40 bits per heavy atom. The third kappa shape index (κ3) is 3.56. The Labute approximate surface area is 87.0 Å². The summed E-state index contributed by atoms with van der Waals surface area (Å²) >= 11 is 0. The lowest BCUT2D eigenvalue weighted by Crippen LogP contribution is -2.09. The third-order valence-corrected chi connectivity index (χ3v) is 1.87. The van der Waals surface area contributed by atoms with Gasteiger partial charge in [-0.25, -0.2) is 0 Å². The number of hydrogen-bond donors (Lipinski definition) is 1. The van der Waals surface area contributed by atoms with Crippen LogP contribution >= 0.6 is 0 Å². The Bertz CT molecular complexity index is 343. The van der Waals surface area contributed by atoms with Crippen LogP contribution in [0.5, 0.6) is 5.75 Å². The molecule has 1 atom stereocenters. The van der Waals surface area contributed by atoms with Crippen molar-refractivity contribution in [1.82, 2.24) is 0 Å². The molecule has 80 valence electrons. The van der Waals surface area contributed by atoms with Crippen LogP contribution in [0.1, 0.15) is 18.0 Å². The fraction of sp³-hybridized carbons (Fsp3) is 0.273. The van der Waals surface area contributed by atoms with E-state index in [1.54, 1.807) is 12.1 Å². The lowest BCUT2D eigenvalue weighted by atomic mass is 10.1. The molecular formula is C11H11F2NO. The summed E-state index contributed by atoms with van der Waals surface area (Å²) in [5.41, 5.74) is 6.53. The van der Waals surface area contributed by atoms with Gasteiger partial charge in [-0.15, -0.1) is 12.3 Å². The second-order valence-corrected chi connectivity index (χ2v) is 2.96. The van der Waals surface area contributed by atoms with Gasteiger partial charge in [0.1, 0.15) is 5.75 Å². The molecule has 0 aromatic heterocycles. The van der Waals surface area contributed by atoms with Crippen LogP contribution < -0.4 is 10.5 Å². The van der Waals surface area contributed by atoms with Gasteiger partial charge in [-0.2, -0.15) is 8.78 Å². The van der Waals surface area contributed by atoms with Crippen LogP contribution in [0.15, 0.2) is 24.3 Å². The molecule has 0 aliphatic heterocycles. The Hall–Kier alpha value is -1.60. The van der Waals surface area contributed by atoms with E-state index in [2.05, 4.69) is 10.7 Å². The minimum absolute atomic E-state index is 0.113. The molecule has 0 amide bonds. The molecule has 1 aromatic rings. The van der Waals surface area contributed by atoms with E-state index in [9.17, 15) is 8.78 Å². The first-order valence-electron chi connectivity index (χ1n) is 4.37. The molecule has 0 fully saturated rings. The third-order valence-electron chi connectivity index (χ3n) is 1.87. The molecule has 0 saturated heterocycles. The maximum absolute atomic E-state index is 11.8. The maximum atomic E-state index is 11.8. The number of terminal acetylenes is 1. The molecule has 0 bridgehead atoms. The predicted molar refractivity (Wildman–Crippen MR) is 53.5 cm³/mol. The van der Waals surface area contributed by atoms with Crippen molar-refractivity contribution in [2.45, 2.75) is 19.1 Å². The quantitative estimate of drug-likeness (QED) is 0.775. The molecule has 0 aliphatic rings. The van der Waals surface area contributed by atoms with Gasteiger partial charge in [0.05, 0.1) is 0 Å². The maximum Gasteiger partial charge on any atom is 0.387 e. The molecule has 1 unspecified atom stereocenters. The molecule has 2 nitrogen and oxygen atoms in total. The van der Waals surface area contributed by atoms with Crippen LogP contribution in [-0.4, -0.2) is 6.61 Å². The summed E-state index contributed by atoms with van der Waals surface area (Å²) < 4.78 is 27.8. The van der Waals surface area contributed by atoms with E-state index in [-0.39, 0.29) is 11.8 Å². The van der Waals surface area contributed by atoms with Crippen molar-refractivity contribution in [3.05, 3.63) is 29.8 Å². The molecule has 1 rings (SSSR count). The molecule has 1 aromatic carbocycles. The Morgan fingerprint density at radius 1 is 1.33 bits per heavy atom. The molecule has 0 spiro atoms. The van der Waals surface area contributed by atoms with Gasteiger partial charge in [-0.05, 0) is 17.7 Å². The highest BCUT2D eigenvalue weighted by Crippen LogP contribution is 2.19. The predicted octanol–water partition coefficient (Wildman–Crippen LogP) is 2.31. The molecule has 4 heteroatoms. The second-order valence-electron chi connectivity index (χ2n) is 2.96. The minimum Gasteiger partial charge on any atom is -0.435 e. The molecule has 0 saturated carbocycles. The van der Waals surface area contributed by atoms with E-state index < -0.39 is 6.61 Å². The van der Waals surface area contributed by atoms with Crippen molar-refractivity contribution in [3.63, 3.8) is 0 Å². The summed E-state index contributed by atoms with van der Waals surface area (Å²) in [6.45, 7) is -2.81. The number of alkyl halides is 2. The van der Waals surface area contributed by atoms with Gasteiger partial charge in [0, 0.05) is 12.5 Å². The van der Waals surface area contributed by atoms with Crippen LogP contribution in [0.4, 0.5) is 8.78 Å². The first-order chi connectivity index (χ1) is 7.13. The summed E-state index contributed by atoms with van der Waals surface area (Å²) in [4.78, 5) is 0. The summed E-state index contributed by atoms with van der Waals surface area (Å²) in [6.07, 6.45) is 5.52. The van der Waals surface area contributed by atoms with E-state index in [1.807, 2.05) is 0 Å². The normalized spacial score (nSPS) is 12.2. The standard InChI is InChI=1S/C11H11F2NO/c1-2-3-10(14)8-4-6-9(7-5-8)15-11(12)13/h1,4-7,10-11H,3,14H2. The minimum atomic E-state index is -2.81. The highest BCUT2D eigenvalue weighted by molar-refractivity contribution is 5.29. The van der Waals surface area contributed by atoms with Crippen molar-refractivity contribution in [1.29, 1.82) is 0 Å². The molecule has 15 heavy (non-hydrogen) atoms. The summed E-state index contributed by atoms with van der Waals surface area (Å²) in [6, 6.07) is 5.87. The molecule has 2 N–H and O–H groups in total. The Balaban J connectivity index is 2.68. The van der Waals surface area contributed by atoms with Gasteiger partial charge in [0.15, 0.2) is 0 Å². The lowest BCUT2D eigenvalue weighted by Gasteiger charge is -2.09. The highest BCUT2D eigenvalue weighted by atomic mass is 19.3. The van der Waals surface area contributed by atoms with Crippen molar-refractivity contribution in [3.8, 4) is 18.1 Å². The number of halogens is 2. The molecular weight excluding hydrogens is 200 g/mol. The van der Waals surface area contributed by atoms with Gasteiger partial charge in [0.25, 0.3) is 0 Å². The number of hydrogen-bond acceptors (Lipinski definition) is 2. The van der Waals surface area contributed by atoms with E-state index >= 15 is 0 Å². The molecule has 0 radical (unpaired) electrons. The van der Waals surface area contributed by atoms with Crippen LogP contribution in [0.25, 0.3) is 0 Å². The fourth-order valence-electron chi connectivity index (χ4n) is 1.14. The summed E-state index contributed by atoms with van der Waals surface area (Å²) in [5, 5.41) is 0.